The zero-order chi connectivity index (χ0) is 15.4. The average molecular weight is 315 g/mol. The number of hydrogen-bond acceptors (Lipinski definition) is 4. The number of amides is 1. The number of nitrogens with one attached hydrogen (secondary N) is 1. The Morgan fingerprint density at radius 2 is 2.09 bits per heavy atom. The Kier molecular flexibility index (Phi) is 4.73. The summed E-state index contributed by atoms with van der Waals surface area (Å²) in [5.74, 6) is 1.04. The van der Waals surface area contributed by atoms with E-state index in [4.69, 9.17) is 0 Å². The zero-order valence-electron chi connectivity index (χ0n) is 12.8. The molecule has 116 valence electrons. The van der Waals surface area contributed by atoms with Crippen molar-refractivity contribution in [3.05, 3.63) is 45.8 Å². The van der Waals surface area contributed by atoms with Gasteiger partial charge >= 0.3 is 0 Å². The maximum absolute atomic E-state index is 12.1. The lowest BCUT2D eigenvalue weighted by atomic mass is 10.1. The van der Waals surface area contributed by atoms with Gasteiger partial charge in [-0.25, -0.2) is 4.98 Å². The number of aryl methyl sites for hydroxylation is 1. The van der Waals surface area contributed by atoms with Gasteiger partial charge in [0.1, 0.15) is 5.82 Å². The van der Waals surface area contributed by atoms with E-state index in [-0.39, 0.29) is 5.91 Å². The van der Waals surface area contributed by atoms with Crippen LogP contribution in [0.15, 0.2) is 29.8 Å². The first-order valence-corrected chi connectivity index (χ1v) is 8.64. The number of hydrogen-bond donors (Lipinski definition) is 1. The third-order valence-electron chi connectivity index (χ3n) is 4.01. The summed E-state index contributed by atoms with van der Waals surface area (Å²) >= 11 is 1.48. The molecule has 0 radical (unpaired) electrons. The van der Waals surface area contributed by atoms with E-state index in [0.29, 0.717) is 6.54 Å². The lowest BCUT2D eigenvalue weighted by molar-refractivity contribution is 0.0954. The lowest BCUT2D eigenvalue weighted by Gasteiger charge is -2.27. The van der Waals surface area contributed by atoms with Crippen LogP contribution in [0, 0.1) is 6.92 Å². The Morgan fingerprint density at radius 1 is 1.27 bits per heavy atom. The molecule has 0 saturated carbocycles. The molecule has 3 rings (SSSR count). The van der Waals surface area contributed by atoms with Crippen LogP contribution in [0.1, 0.15) is 40.1 Å². The predicted molar refractivity (Wildman–Crippen MR) is 90.5 cm³/mol. The first kappa shape index (κ1) is 15.0. The fourth-order valence-corrected chi connectivity index (χ4v) is 3.54. The van der Waals surface area contributed by atoms with Crippen LogP contribution in [0.3, 0.4) is 0 Å². The summed E-state index contributed by atoms with van der Waals surface area (Å²) in [5.41, 5.74) is 2.06. The SMILES string of the molecule is Cc1ccsc1C(=O)NCc1ccc(N2CCCCC2)nc1. The largest absolute Gasteiger partial charge is 0.357 e. The van der Waals surface area contributed by atoms with E-state index in [2.05, 4.69) is 27.3 Å². The van der Waals surface area contributed by atoms with Gasteiger partial charge in [0.2, 0.25) is 0 Å². The molecule has 1 saturated heterocycles. The average Bonchev–Trinajstić information content (AvgIpc) is 3.00. The number of anilines is 1. The van der Waals surface area contributed by atoms with Gasteiger partial charge in [-0.05, 0) is 54.8 Å². The smallest absolute Gasteiger partial charge is 0.261 e. The summed E-state index contributed by atoms with van der Waals surface area (Å²) in [6, 6.07) is 6.08. The molecule has 5 heteroatoms. The number of carbonyl (C=O) groups is 1. The lowest BCUT2D eigenvalue weighted by Crippen LogP contribution is -2.30. The Morgan fingerprint density at radius 3 is 2.73 bits per heavy atom. The van der Waals surface area contributed by atoms with Gasteiger partial charge in [-0.15, -0.1) is 11.3 Å². The second-order valence-electron chi connectivity index (χ2n) is 5.69. The molecule has 1 aliphatic rings. The third-order valence-corrected chi connectivity index (χ3v) is 5.03. The molecule has 1 fully saturated rings. The maximum atomic E-state index is 12.1. The number of nitrogens with zero attached hydrogens (tertiary/aromatic N) is 2. The summed E-state index contributed by atoms with van der Waals surface area (Å²) in [6.07, 6.45) is 5.69. The van der Waals surface area contributed by atoms with Crippen molar-refractivity contribution >= 4 is 23.1 Å². The quantitative estimate of drug-likeness (QED) is 0.941. The highest BCUT2D eigenvalue weighted by molar-refractivity contribution is 7.12. The van der Waals surface area contributed by atoms with Crippen molar-refractivity contribution in [2.45, 2.75) is 32.7 Å². The molecular weight excluding hydrogens is 294 g/mol. The molecule has 1 aliphatic heterocycles. The second kappa shape index (κ2) is 6.92. The minimum atomic E-state index is -0.00685. The van der Waals surface area contributed by atoms with E-state index >= 15 is 0 Å². The Balaban J connectivity index is 1.57. The van der Waals surface area contributed by atoms with Gasteiger partial charge in [0.15, 0.2) is 0 Å². The van der Waals surface area contributed by atoms with Crippen molar-refractivity contribution < 1.29 is 4.79 Å². The van der Waals surface area contributed by atoms with Gasteiger partial charge in [-0.1, -0.05) is 6.07 Å². The van der Waals surface area contributed by atoms with Crippen LogP contribution in [0.2, 0.25) is 0 Å². The summed E-state index contributed by atoms with van der Waals surface area (Å²) in [7, 11) is 0. The monoisotopic (exact) mass is 315 g/mol. The van der Waals surface area contributed by atoms with Crippen molar-refractivity contribution in [2.24, 2.45) is 0 Å². The molecule has 4 nitrogen and oxygen atoms in total. The molecule has 0 spiro atoms. The van der Waals surface area contributed by atoms with E-state index in [1.54, 1.807) is 0 Å². The number of piperidine rings is 1. The van der Waals surface area contributed by atoms with Gasteiger partial charge in [-0.3, -0.25) is 4.79 Å². The van der Waals surface area contributed by atoms with Crippen molar-refractivity contribution in [1.29, 1.82) is 0 Å². The number of rotatable bonds is 4. The standard InChI is InChI=1S/C17H21N3OS/c1-13-7-10-22-16(13)17(21)19-12-14-5-6-15(18-11-14)20-8-3-2-4-9-20/h5-7,10-11H,2-4,8-9,12H2,1H3,(H,19,21). The summed E-state index contributed by atoms with van der Waals surface area (Å²) in [4.78, 5) is 19.7. The Labute approximate surface area is 135 Å². The van der Waals surface area contributed by atoms with Crippen molar-refractivity contribution in [3.63, 3.8) is 0 Å². The van der Waals surface area contributed by atoms with Crippen molar-refractivity contribution in [1.82, 2.24) is 10.3 Å². The molecule has 2 aromatic heterocycles. The first-order chi connectivity index (χ1) is 10.7. The molecule has 0 atom stereocenters. The van der Waals surface area contributed by atoms with Crippen LogP contribution in [0.4, 0.5) is 5.82 Å². The molecule has 22 heavy (non-hydrogen) atoms. The molecule has 1 N–H and O–H groups in total. The van der Waals surface area contributed by atoms with E-state index in [1.165, 1.54) is 30.6 Å². The molecule has 2 aromatic rings. The number of pyridine rings is 1. The fraction of sp³-hybridized carbons (Fsp3) is 0.412. The molecule has 3 heterocycles. The van der Waals surface area contributed by atoms with Crippen LogP contribution in [-0.2, 0) is 6.54 Å². The van der Waals surface area contributed by atoms with Gasteiger partial charge in [0.05, 0.1) is 4.88 Å². The predicted octanol–water partition coefficient (Wildman–Crippen LogP) is 3.37. The summed E-state index contributed by atoms with van der Waals surface area (Å²) < 4.78 is 0. The highest BCUT2D eigenvalue weighted by atomic mass is 32.1. The number of thiophene rings is 1. The zero-order valence-corrected chi connectivity index (χ0v) is 13.7. The normalized spacial score (nSPS) is 14.9. The highest BCUT2D eigenvalue weighted by Crippen LogP contribution is 2.18. The van der Waals surface area contributed by atoms with E-state index in [1.807, 2.05) is 24.6 Å². The minimum absolute atomic E-state index is 0.00685. The van der Waals surface area contributed by atoms with Crippen molar-refractivity contribution in [2.75, 3.05) is 18.0 Å². The third kappa shape index (κ3) is 3.47. The second-order valence-corrected chi connectivity index (χ2v) is 6.60. The minimum Gasteiger partial charge on any atom is -0.357 e. The van der Waals surface area contributed by atoms with Gasteiger partial charge in [0.25, 0.3) is 5.91 Å². The van der Waals surface area contributed by atoms with Crippen LogP contribution in [-0.4, -0.2) is 24.0 Å². The van der Waals surface area contributed by atoms with Gasteiger partial charge in [0, 0.05) is 25.8 Å². The van der Waals surface area contributed by atoms with E-state index in [0.717, 1.165) is 34.9 Å². The first-order valence-electron chi connectivity index (χ1n) is 7.76. The topological polar surface area (TPSA) is 45.2 Å². The summed E-state index contributed by atoms with van der Waals surface area (Å²) in [5, 5.41) is 4.90. The maximum Gasteiger partial charge on any atom is 0.261 e. The van der Waals surface area contributed by atoms with Gasteiger partial charge < -0.3 is 10.2 Å². The summed E-state index contributed by atoms with van der Waals surface area (Å²) in [6.45, 7) is 4.67. The number of aromatic nitrogens is 1. The van der Waals surface area contributed by atoms with Crippen LogP contribution < -0.4 is 10.2 Å². The van der Waals surface area contributed by atoms with Crippen molar-refractivity contribution in [3.8, 4) is 0 Å². The fourth-order valence-electron chi connectivity index (χ4n) is 2.70. The van der Waals surface area contributed by atoms with E-state index in [9.17, 15) is 4.79 Å². The molecular formula is C17H21N3OS. The Bertz CT molecular complexity index is 630. The highest BCUT2D eigenvalue weighted by Gasteiger charge is 2.12. The van der Waals surface area contributed by atoms with Gasteiger partial charge in [-0.2, -0.15) is 0 Å². The molecule has 0 bridgehead atoms. The number of carbonyl (C=O) groups excluding carboxylic acids is 1. The Hall–Kier alpha value is -1.88. The molecule has 1 amide bonds. The van der Waals surface area contributed by atoms with Crippen LogP contribution in [0.25, 0.3) is 0 Å². The molecule has 0 aliphatic carbocycles. The van der Waals surface area contributed by atoms with E-state index < -0.39 is 0 Å². The van der Waals surface area contributed by atoms with Crippen LogP contribution in [0.5, 0.6) is 0 Å². The van der Waals surface area contributed by atoms with Crippen LogP contribution >= 0.6 is 11.3 Å². The molecule has 0 unspecified atom stereocenters. The molecule has 0 aromatic carbocycles.